The van der Waals surface area contributed by atoms with E-state index in [-0.39, 0.29) is 17.7 Å². The van der Waals surface area contributed by atoms with Crippen molar-refractivity contribution >= 4 is 23.2 Å². The molecule has 0 N–H and O–H groups in total. The van der Waals surface area contributed by atoms with Gasteiger partial charge in [-0.3, -0.25) is 14.5 Å². The second-order valence-electron chi connectivity index (χ2n) is 9.52. The molecule has 2 amide bonds. The van der Waals surface area contributed by atoms with E-state index in [9.17, 15) is 9.59 Å². The lowest BCUT2D eigenvalue weighted by Gasteiger charge is -2.40. The maximum Gasteiger partial charge on any atom is 0.232 e. The van der Waals surface area contributed by atoms with Crippen molar-refractivity contribution in [2.45, 2.75) is 45.6 Å². The fraction of sp³-hybridized carbons (Fsp3) is 0.560. The maximum absolute atomic E-state index is 13.2. The summed E-state index contributed by atoms with van der Waals surface area (Å²) in [6.07, 6.45) is 1.81. The molecule has 6 nitrogen and oxygen atoms in total. The Morgan fingerprint density at radius 1 is 1.00 bits per heavy atom. The minimum absolute atomic E-state index is 0.103. The van der Waals surface area contributed by atoms with E-state index in [2.05, 4.69) is 15.3 Å². The number of likely N-dealkylation sites (tertiary alicyclic amines) is 1. The highest BCUT2D eigenvalue weighted by Gasteiger charge is 2.37. The monoisotopic (exact) mass is 454 g/mol. The molecule has 0 spiro atoms. The van der Waals surface area contributed by atoms with Crippen molar-refractivity contribution in [1.82, 2.24) is 19.7 Å². The Morgan fingerprint density at radius 3 is 2.22 bits per heavy atom. The van der Waals surface area contributed by atoms with Crippen molar-refractivity contribution in [3.8, 4) is 0 Å². The Bertz CT molecular complexity index is 926. The lowest BCUT2D eigenvalue weighted by molar-refractivity contribution is -0.145. The van der Waals surface area contributed by atoms with Crippen LogP contribution in [-0.4, -0.2) is 70.8 Å². The summed E-state index contributed by atoms with van der Waals surface area (Å²) in [5.74, 6) is 0.511. The highest BCUT2D eigenvalue weighted by Crippen LogP contribution is 2.27. The molecule has 172 valence electrons. The summed E-state index contributed by atoms with van der Waals surface area (Å²) >= 11 is 1.69. The van der Waals surface area contributed by atoms with Crippen molar-refractivity contribution < 1.29 is 9.59 Å². The molecule has 1 aromatic carbocycles. The molecule has 0 saturated carbocycles. The van der Waals surface area contributed by atoms with Crippen LogP contribution in [0, 0.1) is 12.8 Å². The van der Waals surface area contributed by atoms with Crippen molar-refractivity contribution in [3.05, 3.63) is 52.0 Å². The molecule has 2 aromatic rings. The number of piperazine rings is 1. The summed E-state index contributed by atoms with van der Waals surface area (Å²) in [5, 5.41) is 3.24. The molecule has 0 unspecified atom stereocenters. The van der Waals surface area contributed by atoms with Gasteiger partial charge in [-0.2, -0.15) is 0 Å². The molecular weight excluding hydrogens is 420 g/mol. The van der Waals surface area contributed by atoms with Crippen LogP contribution in [0.2, 0.25) is 0 Å². The largest absolute Gasteiger partial charge is 0.339 e. The molecule has 0 radical (unpaired) electrons. The van der Waals surface area contributed by atoms with Gasteiger partial charge in [-0.15, -0.1) is 11.3 Å². The second kappa shape index (κ2) is 9.71. The zero-order valence-electron chi connectivity index (χ0n) is 19.4. The van der Waals surface area contributed by atoms with Gasteiger partial charge in [0.05, 0.1) is 16.1 Å². The molecule has 3 heterocycles. The lowest BCUT2D eigenvalue weighted by Crippen LogP contribution is -2.55. The molecule has 2 aliphatic rings. The standard InChI is InChI=1S/C25H34N4O2S/c1-19-26-22(18-32-19)17-27-11-9-20(10-12-27)23(30)28-13-15-29(16-14-28)24(31)25(2,3)21-7-5-4-6-8-21/h4-8,18,20H,9-17H2,1-3H3. The van der Waals surface area contributed by atoms with Gasteiger partial charge in [0.1, 0.15) is 0 Å². The molecule has 4 rings (SSSR count). The van der Waals surface area contributed by atoms with Gasteiger partial charge in [0.15, 0.2) is 0 Å². The van der Waals surface area contributed by atoms with E-state index in [0.717, 1.165) is 48.7 Å². The highest BCUT2D eigenvalue weighted by atomic mass is 32.1. The van der Waals surface area contributed by atoms with Crippen molar-refractivity contribution in [3.63, 3.8) is 0 Å². The summed E-state index contributed by atoms with van der Waals surface area (Å²) in [6.45, 7) is 11.3. The zero-order chi connectivity index (χ0) is 22.7. The van der Waals surface area contributed by atoms with Crippen molar-refractivity contribution in [2.24, 2.45) is 5.92 Å². The number of thiazole rings is 1. The van der Waals surface area contributed by atoms with Gasteiger partial charge in [0.25, 0.3) is 0 Å². The maximum atomic E-state index is 13.2. The minimum Gasteiger partial charge on any atom is -0.339 e. The van der Waals surface area contributed by atoms with Crippen LogP contribution in [0.15, 0.2) is 35.7 Å². The summed E-state index contributed by atoms with van der Waals surface area (Å²) in [5.41, 5.74) is 1.61. The van der Waals surface area contributed by atoms with Crippen molar-refractivity contribution in [2.75, 3.05) is 39.3 Å². The Hall–Kier alpha value is -2.25. The van der Waals surface area contributed by atoms with E-state index in [1.54, 1.807) is 11.3 Å². The fourth-order valence-electron chi connectivity index (χ4n) is 4.81. The predicted octanol–water partition coefficient (Wildman–Crippen LogP) is 3.31. The number of rotatable bonds is 5. The molecule has 2 saturated heterocycles. The first kappa shape index (κ1) is 22.9. The number of carbonyl (C=O) groups excluding carboxylic acids is 2. The fourth-order valence-corrected chi connectivity index (χ4v) is 5.41. The van der Waals surface area contributed by atoms with Crippen LogP contribution in [0.1, 0.15) is 43.0 Å². The third-order valence-electron chi connectivity index (χ3n) is 6.90. The van der Waals surface area contributed by atoms with Crippen LogP contribution in [0.4, 0.5) is 0 Å². The first-order valence-electron chi connectivity index (χ1n) is 11.6. The molecule has 2 fully saturated rings. The first-order valence-corrected chi connectivity index (χ1v) is 12.5. The molecule has 2 aliphatic heterocycles. The van der Waals surface area contributed by atoms with Crippen LogP contribution in [0.3, 0.4) is 0 Å². The number of piperidine rings is 1. The smallest absolute Gasteiger partial charge is 0.232 e. The Balaban J connectivity index is 1.25. The molecule has 1 aromatic heterocycles. The van der Waals surface area contributed by atoms with E-state index >= 15 is 0 Å². The third kappa shape index (κ3) is 5.04. The number of carbonyl (C=O) groups is 2. The molecule has 0 aliphatic carbocycles. The summed E-state index contributed by atoms with van der Waals surface area (Å²) < 4.78 is 0. The van der Waals surface area contributed by atoms with E-state index in [1.807, 2.05) is 60.9 Å². The van der Waals surface area contributed by atoms with Crippen LogP contribution < -0.4 is 0 Å². The second-order valence-corrected chi connectivity index (χ2v) is 10.6. The van der Waals surface area contributed by atoms with Gasteiger partial charge in [0, 0.05) is 44.0 Å². The third-order valence-corrected chi connectivity index (χ3v) is 7.72. The highest BCUT2D eigenvalue weighted by molar-refractivity contribution is 7.09. The van der Waals surface area contributed by atoms with Crippen LogP contribution >= 0.6 is 11.3 Å². The Morgan fingerprint density at radius 2 is 1.62 bits per heavy atom. The number of nitrogens with zero attached hydrogens (tertiary/aromatic N) is 4. The molecular formula is C25H34N4O2S. The first-order chi connectivity index (χ1) is 15.3. The number of hydrogen-bond acceptors (Lipinski definition) is 5. The van der Waals surface area contributed by atoms with Gasteiger partial charge in [-0.05, 0) is 52.3 Å². The Kier molecular flexibility index (Phi) is 6.96. The van der Waals surface area contributed by atoms with Gasteiger partial charge in [-0.1, -0.05) is 30.3 Å². The number of aromatic nitrogens is 1. The van der Waals surface area contributed by atoms with Gasteiger partial charge >= 0.3 is 0 Å². The minimum atomic E-state index is -0.559. The summed E-state index contributed by atoms with van der Waals surface area (Å²) in [4.78, 5) is 37.2. The van der Waals surface area contributed by atoms with E-state index in [4.69, 9.17) is 0 Å². The van der Waals surface area contributed by atoms with E-state index < -0.39 is 5.41 Å². The molecule has 7 heteroatoms. The molecule has 0 bridgehead atoms. The van der Waals surface area contributed by atoms with Crippen LogP contribution in [-0.2, 0) is 21.5 Å². The van der Waals surface area contributed by atoms with E-state index in [0.29, 0.717) is 26.2 Å². The summed E-state index contributed by atoms with van der Waals surface area (Å²) in [7, 11) is 0. The Labute approximate surface area is 195 Å². The van der Waals surface area contributed by atoms with Crippen molar-refractivity contribution in [1.29, 1.82) is 0 Å². The topological polar surface area (TPSA) is 56.8 Å². The number of aryl methyl sites for hydroxylation is 1. The normalized spacial score (nSPS) is 18.7. The van der Waals surface area contributed by atoms with Crippen LogP contribution in [0.5, 0.6) is 0 Å². The lowest BCUT2D eigenvalue weighted by atomic mass is 9.83. The quantitative estimate of drug-likeness (QED) is 0.696. The zero-order valence-corrected chi connectivity index (χ0v) is 20.2. The number of amides is 2. The predicted molar refractivity (Wildman–Crippen MR) is 127 cm³/mol. The summed E-state index contributed by atoms with van der Waals surface area (Å²) in [6, 6.07) is 9.95. The number of hydrogen-bond donors (Lipinski definition) is 0. The van der Waals surface area contributed by atoms with Gasteiger partial charge in [-0.25, -0.2) is 4.98 Å². The SMILES string of the molecule is Cc1nc(CN2CCC(C(=O)N3CCN(C(=O)C(C)(C)c4ccccc4)CC3)CC2)cs1. The molecule has 32 heavy (non-hydrogen) atoms. The molecule has 0 atom stereocenters. The average Bonchev–Trinajstić information content (AvgIpc) is 3.23. The number of benzene rings is 1. The van der Waals surface area contributed by atoms with Gasteiger partial charge < -0.3 is 9.80 Å². The van der Waals surface area contributed by atoms with E-state index in [1.165, 1.54) is 0 Å². The van der Waals surface area contributed by atoms with Crippen LogP contribution in [0.25, 0.3) is 0 Å². The van der Waals surface area contributed by atoms with Gasteiger partial charge in [0.2, 0.25) is 11.8 Å². The average molecular weight is 455 g/mol.